The van der Waals surface area contributed by atoms with Crippen molar-refractivity contribution < 1.29 is 18.3 Å². The maximum Gasteiger partial charge on any atom is 0.261 e. The molecular weight excluding hydrogens is 400 g/mol. The number of anilines is 1. The molecule has 156 valence electrons. The van der Waals surface area contributed by atoms with Crippen LogP contribution in [-0.4, -0.2) is 44.0 Å². The van der Waals surface area contributed by atoms with Gasteiger partial charge in [-0.3, -0.25) is 9.52 Å². The van der Waals surface area contributed by atoms with Crippen molar-refractivity contribution in [1.29, 1.82) is 0 Å². The minimum atomic E-state index is -3.75. The van der Waals surface area contributed by atoms with Gasteiger partial charge in [0.05, 0.1) is 11.5 Å². The number of hydrogen-bond acceptors (Lipinski definition) is 4. The molecule has 7 heteroatoms. The molecular formula is C23H24N2O4S. The number of sulfonamides is 1. The highest BCUT2D eigenvalue weighted by Crippen LogP contribution is 2.17. The molecule has 0 fully saturated rings. The van der Waals surface area contributed by atoms with E-state index in [0.717, 1.165) is 5.56 Å². The monoisotopic (exact) mass is 424 g/mol. The number of amides is 1. The zero-order valence-electron chi connectivity index (χ0n) is 16.4. The summed E-state index contributed by atoms with van der Waals surface area (Å²) in [5.74, 6) is -0.250. The second kappa shape index (κ2) is 10.0. The summed E-state index contributed by atoms with van der Waals surface area (Å²) >= 11 is 0. The Balaban J connectivity index is 1.70. The summed E-state index contributed by atoms with van der Waals surface area (Å²) in [7, 11) is -3.75. The number of carbonyl (C=O) groups excluding carboxylic acids is 1. The number of para-hydroxylation sites is 1. The fraction of sp³-hybridized carbons (Fsp3) is 0.174. The van der Waals surface area contributed by atoms with Crippen LogP contribution in [0.1, 0.15) is 15.9 Å². The highest BCUT2D eigenvalue weighted by Gasteiger charge is 2.18. The third-order valence-corrected chi connectivity index (χ3v) is 6.01. The van der Waals surface area contributed by atoms with Gasteiger partial charge in [0.25, 0.3) is 15.9 Å². The van der Waals surface area contributed by atoms with E-state index < -0.39 is 10.0 Å². The van der Waals surface area contributed by atoms with Crippen molar-refractivity contribution in [2.24, 2.45) is 0 Å². The molecule has 3 rings (SSSR count). The third-order valence-electron chi connectivity index (χ3n) is 4.61. The number of benzene rings is 3. The first-order valence-electron chi connectivity index (χ1n) is 9.61. The molecule has 0 unspecified atom stereocenters. The quantitative estimate of drug-likeness (QED) is 0.552. The fourth-order valence-corrected chi connectivity index (χ4v) is 4.08. The number of aliphatic hydroxyl groups is 1. The van der Waals surface area contributed by atoms with Gasteiger partial charge in [-0.1, -0.05) is 48.5 Å². The van der Waals surface area contributed by atoms with Crippen molar-refractivity contribution in [1.82, 2.24) is 4.90 Å². The van der Waals surface area contributed by atoms with Gasteiger partial charge in [0, 0.05) is 24.3 Å². The Morgan fingerprint density at radius 3 is 2.03 bits per heavy atom. The zero-order valence-corrected chi connectivity index (χ0v) is 17.3. The predicted molar refractivity (Wildman–Crippen MR) is 117 cm³/mol. The molecule has 0 atom stereocenters. The number of carbonyl (C=O) groups is 1. The normalized spacial score (nSPS) is 11.1. The Morgan fingerprint density at radius 1 is 0.833 bits per heavy atom. The molecule has 2 N–H and O–H groups in total. The maximum absolute atomic E-state index is 12.9. The van der Waals surface area contributed by atoms with Gasteiger partial charge in [-0.25, -0.2) is 8.42 Å². The van der Waals surface area contributed by atoms with E-state index in [2.05, 4.69) is 4.72 Å². The number of rotatable bonds is 9. The van der Waals surface area contributed by atoms with E-state index in [9.17, 15) is 18.3 Å². The van der Waals surface area contributed by atoms with Crippen LogP contribution >= 0.6 is 0 Å². The number of nitrogens with zero attached hydrogens (tertiary/aromatic N) is 1. The lowest BCUT2D eigenvalue weighted by molar-refractivity contribution is 0.0724. The van der Waals surface area contributed by atoms with Crippen molar-refractivity contribution in [2.45, 2.75) is 11.3 Å². The first-order chi connectivity index (χ1) is 14.5. The molecule has 0 aliphatic carbocycles. The average molecular weight is 425 g/mol. The molecule has 30 heavy (non-hydrogen) atoms. The van der Waals surface area contributed by atoms with Crippen LogP contribution in [0.5, 0.6) is 0 Å². The van der Waals surface area contributed by atoms with Crippen LogP contribution in [0.3, 0.4) is 0 Å². The molecule has 0 saturated carbocycles. The van der Waals surface area contributed by atoms with E-state index in [-0.39, 0.29) is 24.0 Å². The Bertz CT molecular complexity index is 1050. The number of aliphatic hydroxyl groups excluding tert-OH is 1. The van der Waals surface area contributed by atoms with E-state index in [1.165, 1.54) is 24.3 Å². The van der Waals surface area contributed by atoms with Gasteiger partial charge < -0.3 is 10.0 Å². The van der Waals surface area contributed by atoms with Crippen LogP contribution in [-0.2, 0) is 16.4 Å². The number of hydrogen-bond donors (Lipinski definition) is 2. The largest absolute Gasteiger partial charge is 0.395 e. The molecule has 3 aromatic rings. The highest BCUT2D eigenvalue weighted by molar-refractivity contribution is 7.92. The van der Waals surface area contributed by atoms with Crippen molar-refractivity contribution in [3.63, 3.8) is 0 Å². The van der Waals surface area contributed by atoms with E-state index in [4.69, 9.17) is 0 Å². The minimum absolute atomic E-state index is 0.0703. The molecule has 3 aromatic carbocycles. The van der Waals surface area contributed by atoms with Gasteiger partial charge in [0.1, 0.15) is 0 Å². The van der Waals surface area contributed by atoms with Crippen LogP contribution in [0.2, 0.25) is 0 Å². The van der Waals surface area contributed by atoms with Crippen molar-refractivity contribution in [3.05, 3.63) is 96.1 Å². The number of nitrogens with one attached hydrogen (secondary N) is 1. The van der Waals surface area contributed by atoms with E-state index >= 15 is 0 Å². The standard InChI is InChI=1S/C23H24N2O4S/c26-18-17-25(16-15-19-7-3-1-4-8-19)23(27)20-11-13-22(14-12-20)30(28,29)24-21-9-5-2-6-10-21/h1-14,24,26H,15-18H2. The second-order valence-electron chi connectivity index (χ2n) is 6.75. The maximum atomic E-state index is 12.9. The Kier molecular flexibility index (Phi) is 7.21. The van der Waals surface area contributed by atoms with Gasteiger partial charge in [0.2, 0.25) is 0 Å². The summed E-state index contributed by atoms with van der Waals surface area (Å²) in [4.78, 5) is 14.5. The summed E-state index contributed by atoms with van der Waals surface area (Å²) in [6, 6.07) is 24.2. The molecule has 0 radical (unpaired) electrons. The summed E-state index contributed by atoms with van der Waals surface area (Å²) in [6.07, 6.45) is 0.667. The van der Waals surface area contributed by atoms with Crippen LogP contribution in [0, 0.1) is 0 Å². The molecule has 0 heterocycles. The Morgan fingerprint density at radius 2 is 1.43 bits per heavy atom. The first-order valence-corrected chi connectivity index (χ1v) is 11.1. The zero-order chi connectivity index (χ0) is 21.4. The average Bonchev–Trinajstić information content (AvgIpc) is 2.77. The fourth-order valence-electron chi connectivity index (χ4n) is 3.02. The third kappa shape index (κ3) is 5.68. The summed E-state index contributed by atoms with van der Waals surface area (Å²) in [5.41, 5.74) is 1.93. The molecule has 0 aliphatic rings. The van der Waals surface area contributed by atoms with Gasteiger partial charge in [-0.15, -0.1) is 0 Å². The second-order valence-corrected chi connectivity index (χ2v) is 8.43. The van der Waals surface area contributed by atoms with E-state index in [1.54, 1.807) is 35.2 Å². The van der Waals surface area contributed by atoms with Gasteiger partial charge in [-0.05, 0) is 48.4 Å². The molecule has 1 amide bonds. The van der Waals surface area contributed by atoms with Gasteiger partial charge in [-0.2, -0.15) is 0 Å². The Labute approximate surface area is 176 Å². The molecule has 0 spiro atoms. The molecule has 0 aliphatic heterocycles. The lowest BCUT2D eigenvalue weighted by Gasteiger charge is -2.22. The van der Waals surface area contributed by atoms with Crippen molar-refractivity contribution >= 4 is 21.6 Å². The van der Waals surface area contributed by atoms with Crippen LogP contribution in [0.25, 0.3) is 0 Å². The van der Waals surface area contributed by atoms with Crippen molar-refractivity contribution in [2.75, 3.05) is 24.4 Å². The van der Waals surface area contributed by atoms with E-state index in [1.807, 2.05) is 30.3 Å². The lowest BCUT2D eigenvalue weighted by Crippen LogP contribution is -2.35. The minimum Gasteiger partial charge on any atom is -0.395 e. The first kappa shape index (κ1) is 21.5. The van der Waals surface area contributed by atoms with Gasteiger partial charge in [0.15, 0.2) is 0 Å². The predicted octanol–water partition coefficient (Wildman–Crippen LogP) is 3.16. The molecule has 0 aromatic heterocycles. The SMILES string of the molecule is O=C(c1ccc(S(=O)(=O)Nc2ccccc2)cc1)N(CCO)CCc1ccccc1. The van der Waals surface area contributed by atoms with E-state index in [0.29, 0.717) is 24.2 Å². The van der Waals surface area contributed by atoms with Crippen LogP contribution in [0.15, 0.2) is 89.8 Å². The highest BCUT2D eigenvalue weighted by atomic mass is 32.2. The lowest BCUT2D eigenvalue weighted by atomic mass is 10.1. The summed E-state index contributed by atoms with van der Waals surface area (Å²) in [6.45, 7) is 0.522. The topological polar surface area (TPSA) is 86.7 Å². The van der Waals surface area contributed by atoms with Crippen LogP contribution in [0.4, 0.5) is 5.69 Å². The summed E-state index contributed by atoms with van der Waals surface area (Å²) in [5, 5.41) is 9.34. The van der Waals surface area contributed by atoms with Crippen molar-refractivity contribution in [3.8, 4) is 0 Å². The van der Waals surface area contributed by atoms with Gasteiger partial charge >= 0.3 is 0 Å². The Hall–Kier alpha value is -3.16. The van der Waals surface area contributed by atoms with Crippen LogP contribution < -0.4 is 4.72 Å². The smallest absolute Gasteiger partial charge is 0.261 e. The molecule has 0 saturated heterocycles. The molecule has 0 bridgehead atoms. The molecule has 6 nitrogen and oxygen atoms in total. The summed E-state index contributed by atoms with van der Waals surface area (Å²) < 4.78 is 27.6.